The van der Waals surface area contributed by atoms with E-state index in [9.17, 15) is 9.59 Å². The Kier molecular flexibility index (Phi) is 6.80. The van der Waals surface area contributed by atoms with Crippen LogP contribution >= 0.6 is 27.5 Å². The van der Waals surface area contributed by atoms with Gasteiger partial charge in [-0.05, 0) is 64.8 Å². The Bertz CT molecular complexity index is 1080. The molecule has 0 atom stereocenters. The molecule has 7 heteroatoms. The van der Waals surface area contributed by atoms with Crippen LogP contribution in [0, 0.1) is 6.92 Å². The molecule has 0 unspecified atom stereocenters. The number of para-hydroxylation sites is 1. The number of aromatic nitrogens is 1. The first-order valence-electron chi connectivity index (χ1n) is 8.70. The van der Waals surface area contributed by atoms with Crippen LogP contribution in [-0.2, 0) is 9.59 Å². The van der Waals surface area contributed by atoms with E-state index in [1.807, 2.05) is 31.2 Å². The van der Waals surface area contributed by atoms with Gasteiger partial charge in [0.1, 0.15) is 10.7 Å². The normalized spacial score (nSPS) is 11.1. The molecule has 1 heterocycles. The van der Waals surface area contributed by atoms with Gasteiger partial charge in [0.25, 0.3) is 11.8 Å². The first kappa shape index (κ1) is 20.8. The molecule has 0 spiro atoms. The summed E-state index contributed by atoms with van der Waals surface area (Å²) in [6, 6.07) is 17.8. The summed E-state index contributed by atoms with van der Waals surface area (Å²) in [4.78, 5) is 29.9. The summed E-state index contributed by atoms with van der Waals surface area (Å²) < 4.78 is 0.707. The van der Waals surface area contributed by atoms with Crippen LogP contribution in [0.4, 0.5) is 11.4 Å². The molecule has 1 aromatic heterocycles. The van der Waals surface area contributed by atoms with Crippen molar-refractivity contribution in [2.75, 3.05) is 10.6 Å². The van der Waals surface area contributed by atoms with Crippen molar-refractivity contribution < 1.29 is 9.59 Å². The van der Waals surface area contributed by atoms with E-state index in [1.54, 1.807) is 36.4 Å². The third-order valence-electron chi connectivity index (χ3n) is 3.98. The van der Waals surface area contributed by atoms with Crippen molar-refractivity contribution in [3.8, 4) is 0 Å². The molecule has 0 fully saturated rings. The van der Waals surface area contributed by atoms with Gasteiger partial charge >= 0.3 is 0 Å². The number of benzene rings is 2. The van der Waals surface area contributed by atoms with Gasteiger partial charge in [0.15, 0.2) is 0 Å². The topological polar surface area (TPSA) is 71.1 Å². The van der Waals surface area contributed by atoms with Crippen molar-refractivity contribution >= 4 is 56.8 Å². The fourth-order valence-corrected chi connectivity index (χ4v) is 3.06. The van der Waals surface area contributed by atoms with Crippen molar-refractivity contribution in [3.63, 3.8) is 0 Å². The number of aryl methyl sites for hydroxylation is 1. The van der Waals surface area contributed by atoms with E-state index in [-0.39, 0.29) is 10.7 Å². The molecule has 5 nitrogen and oxygen atoms in total. The molecule has 146 valence electrons. The minimum absolute atomic E-state index is 0.0999. The number of carbonyl (C=O) groups is 2. The van der Waals surface area contributed by atoms with Crippen LogP contribution in [0.5, 0.6) is 0 Å². The van der Waals surface area contributed by atoms with Crippen LogP contribution in [-0.4, -0.2) is 16.8 Å². The van der Waals surface area contributed by atoms with Crippen molar-refractivity contribution in [2.24, 2.45) is 0 Å². The summed E-state index contributed by atoms with van der Waals surface area (Å²) in [6.07, 6.45) is 2.96. The highest BCUT2D eigenvalue weighted by molar-refractivity contribution is 9.10. The molecule has 0 aliphatic rings. The number of nitrogens with one attached hydrogen (secondary N) is 2. The van der Waals surface area contributed by atoms with E-state index in [1.165, 1.54) is 12.3 Å². The fourth-order valence-electron chi connectivity index (χ4n) is 2.54. The van der Waals surface area contributed by atoms with Crippen molar-refractivity contribution in [1.29, 1.82) is 0 Å². The molecule has 0 bridgehead atoms. The van der Waals surface area contributed by atoms with Crippen LogP contribution in [0.15, 0.2) is 76.9 Å². The Hall–Kier alpha value is -2.96. The minimum atomic E-state index is -0.565. The molecule has 2 aromatic carbocycles. The fraction of sp³-hybridized carbons (Fsp3) is 0.0455. The number of rotatable bonds is 5. The van der Waals surface area contributed by atoms with Crippen LogP contribution in [0.2, 0.25) is 5.15 Å². The average molecular weight is 471 g/mol. The van der Waals surface area contributed by atoms with Gasteiger partial charge in [-0.25, -0.2) is 4.98 Å². The van der Waals surface area contributed by atoms with E-state index in [4.69, 9.17) is 11.6 Å². The molecule has 0 aliphatic carbocycles. The van der Waals surface area contributed by atoms with Gasteiger partial charge in [-0.1, -0.05) is 41.9 Å². The summed E-state index contributed by atoms with van der Waals surface area (Å²) in [7, 11) is 0. The van der Waals surface area contributed by atoms with Gasteiger partial charge in [-0.3, -0.25) is 9.59 Å². The SMILES string of the molecule is Cc1ccc(Br)c(NC(=O)C(=Cc2cccnc2Cl)C(=O)Nc2ccccc2)c1. The molecule has 3 aromatic rings. The number of hydrogen-bond donors (Lipinski definition) is 2. The lowest BCUT2D eigenvalue weighted by Gasteiger charge is -2.12. The number of pyridine rings is 1. The first-order chi connectivity index (χ1) is 13.9. The number of amides is 2. The highest BCUT2D eigenvalue weighted by atomic mass is 79.9. The van der Waals surface area contributed by atoms with E-state index >= 15 is 0 Å². The molecule has 0 saturated heterocycles. The lowest BCUT2D eigenvalue weighted by Crippen LogP contribution is -2.25. The van der Waals surface area contributed by atoms with E-state index in [0.29, 0.717) is 21.4 Å². The zero-order valence-electron chi connectivity index (χ0n) is 15.4. The Morgan fingerprint density at radius 2 is 1.72 bits per heavy atom. The third-order valence-corrected chi connectivity index (χ3v) is 4.99. The zero-order valence-corrected chi connectivity index (χ0v) is 17.8. The molecule has 0 aliphatic heterocycles. The van der Waals surface area contributed by atoms with Crippen LogP contribution in [0.25, 0.3) is 6.08 Å². The van der Waals surface area contributed by atoms with Gasteiger partial charge in [0, 0.05) is 21.9 Å². The number of carbonyl (C=O) groups excluding carboxylic acids is 2. The Morgan fingerprint density at radius 3 is 2.45 bits per heavy atom. The predicted molar refractivity (Wildman–Crippen MR) is 120 cm³/mol. The monoisotopic (exact) mass is 469 g/mol. The highest BCUT2D eigenvalue weighted by Crippen LogP contribution is 2.25. The van der Waals surface area contributed by atoms with Crippen LogP contribution in [0.1, 0.15) is 11.1 Å². The third kappa shape index (κ3) is 5.53. The first-order valence-corrected chi connectivity index (χ1v) is 9.87. The van der Waals surface area contributed by atoms with Gasteiger partial charge in [-0.15, -0.1) is 0 Å². The van der Waals surface area contributed by atoms with Gasteiger partial charge in [0.05, 0.1) is 5.69 Å². The van der Waals surface area contributed by atoms with Gasteiger partial charge in [0.2, 0.25) is 0 Å². The second kappa shape index (κ2) is 9.49. The van der Waals surface area contributed by atoms with Crippen molar-refractivity contribution in [3.05, 3.63) is 93.2 Å². The summed E-state index contributed by atoms with van der Waals surface area (Å²) in [6.45, 7) is 1.91. The Labute approximate surface area is 181 Å². The molecule has 29 heavy (non-hydrogen) atoms. The minimum Gasteiger partial charge on any atom is -0.322 e. The lowest BCUT2D eigenvalue weighted by atomic mass is 10.1. The second-order valence-corrected chi connectivity index (χ2v) is 7.41. The van der Waals surface area contributed by atoms with Gasteiger partial charge < -0.3 is 10.6 Å². The molecule has 0 saturated carbocycles. The van der Waals surface area contributed by atoms with Gasteiger partial charge in [-0.2, -0.15) is 0 Å². The quantitative estimate of drug-likeness (QED) is 0.225. The molecule has 2 amide bonds. The molecular weight excluding hydrogens is 454 g/mol. The van der Waals surface area contributed by atoms with Crippen molar-refractivity contribution in [2.45, 2.75) is 6.92 Å². The summed E-state index contributed by atoms with van der Waals surface area (Å²) in [5, 5.41) is 5.71. The number of nitrogens with zero attached hydrogens (tertiary/aromatic N) is 1. The van der Waals surface area contributed by atoms with Crippen molar-refractivity contribution in [1.82, 2.24) is 4.98 Å². The number of hydrogen-bond acceptors (Lipinski definition) is 3. The molecule has 3 rings (SSSR count). The number of anilines is 2. The maximum Gasteiger partial charge on any atom is 0.261 e. The molecule has 0 radical (unpaired) electrons. The van der Waals surface area contributed by atoms with E-state index in [0.717, 1.165) is 5.56 Å². The Balaban J connectivity index is 1.95. The number of halogens is 2. The zero-order chi connectivity index (χ0) is 20.8. The molecular formula is C22H17BrClN3O2. The molecule has 2 N–H and O–H groups in total. The van der Waals surface area contributed by atoms with E-state index < -0.39 is 11.8 Å². The van der Waals surface area contributed by atoms with Crippen LogP contribution < -0.4 is 10.6 Å². The standard InChI is InChI=1S/C22H17BrClN3O2/c1-14-9-10-18(23)19(12-14)27-22(29)17(13-15-6-5-11-25-20(15)24)21(28)26-16-7-3-2-4-8-16/h2-13H,1H3,(H,26,28)(H,27,29). The predicted octanol–water partition coefficient (Wildman–Crippen LogP) is 5.47. The maximum absolute atomic E-state index is 13.0. The largest absolute Gasteiger partial charge is 0.322 e. The highest BCUT2D eigenvalue weighted by Gasteiger charge is 2.20. The average Bonchev–Trinajstić information content (AvgIpc) is 2.70. The summed E-state index contributed by atoms with van der Waals surface area (Å²) in [5.41, 5.74) is 2.47. The second-order valence-electron chi connectivity index (χ2n) is 6.20. The smallest absolute Gasteiger partial charge is 0.261 e. The van der Waals surface area contributed by atoms with E-state index in [2.05, 4.69) is 31.5 Å². The maximum atomic E-state index is 13.0. The van der Waals surface area contributed by atoms with Crippen LogP contribution in [0.3, 0.4) is 0 Å². The lowest BCUT2D eigenvalue weighted by molar-refractivity contribution is -0.118. The summed E-state index contributed by atoms with van der Waals surface area (Å²) >= 11 is 9.53. The summed E-state index contributed by atoms with van der Waals surface area (Å²) in [5.74, 6) is -1.12. The Morgan fingerprint density at radius 1 is 1.00 bits per heavy atom.